The van der Waals surface area contributed by atoms with Gasteiger partial charge in [-0.2, -0.15) is 0 Å². The predicted octanol–water partition coefficient (Wildman–Crippen LogP) is 4.84. The van der Waals surface area contributed by atoms with Crippen LogP contribution in [-0.4, -0.2) is 11.5 Å². The molecule has 106 valence electrons. The van der Waals surface area contributed by atoms with E-state index in [1.54, 1.807) is 0 Å². The van der Waals surface area contributed by atoms with Crippen LogP contribution < -0.4 is 5.32 Å². The van der Waals surface area contributed by atoms with E-state index in [1.807, 2.05) is 18.3 Å². The Morgan fingerprint density at radius 2 is 2.00 bits per heavy atom. The molecule has 2 unspecified atom stereocenters. The molecule has 2 nitrogen and oxygen atoms in total. The number of hydrogen-bond acceptors (Lipinski definition) is 1. The fourth-order valence-electron chi connectivity index (χ4n) is 3.09. The molecule has 1 aromatic heterocycles. The third kappa shape index (κ3) is 2.73. The van der Waals surface area contributed by atoms with Gasteiger partial charge in [-0.05, 0) is 61.6 Å². The van der Waals surface area contributed by atoms with E-state index in [9.17, 15) is 0 Å². The number of halogens is 2. The Hall–Kier alpha value is -0.960. The molecule has 3 rings (SSSR count). The van der Waals surface area contributed by atoms with Crippen molar-refractivity contribution < 1.29 is 0 Å². The summed E-state index contributed by atoms with van der Waals surface area (Å²) in [6.45, 7) is 3.17. The van der Waals surface area contributed by atoms with E-state index in [0.717, 1.165) is 13.0 Å². The van der Waals surface area contributed by atoms with Crippen molar-refractivity contribution in [1.82, 2.24) is 10.3 Å². The van der Waals surface area contributed by atoms with Crippen LogP contribution in [0.25, 0.3) is 0 Å². The second-order valence-electron chi connectivity index (χ2n) is 5.46. The highest BCUT2D eigenvalue weighted by molar-refractivity contribution is 6.42. The minimum absolute atomic E-state index is 0.345. The molecular weight excluding hydrogens is 291 g/mol. The van der Waals surface area contributed by atoms with Crippen LogP contribution >= 0.6 is 23.2 Å². The summed E-state index contributed by atoms with van der Waals surface area (Å²) in [7, 11) is 0. The van der Waals surface area contributed by atoms with Gasteiger partial charge in [0.2, 0.25) is 0 Å². The highest BCUT2D eigenvalue weighted by Gasteiger charge is 2.25. The summed E-state index contributed by atoms with van der Waals surface area (Å²) >= 11 is 12.1. The van der Waals surface area contributed by atoms with Crippen molar-refractivity contribution in [3.05, 3.63) is 57.3 Å². The van der Waals surface area contributed by atoms with E-state index < -0.39 is 0 Å². The maximum atomic E-state index is 6.13. The molecule has 0 radical (unpaired) electrons. The molecule has 1 saturated heterocycles. The monoisotopic (exact) mass is 308 g/mol. The van der Waals surface area contributed by atoms with Crippen molar-refractivity contribution in [2.45, 2.75) is 31.7 Å². The lowest BCUT2D eigenvalue weighted by Gasteiger charge is -2.31. The number of rotatable bonds is 2. The van der Waals surface area contributed by atoms with E-state index in [0.29, 0.717) is 22.0 Å². The highest BCUT2D eigenvalue weighted by atomic mass is 35.5. The van der Waals surface area contributed by atoms with Gasteiger partial charge < -0.3 is 10.3 Å². The van der Waals surface area contributed by atoms with Crippen LogP contribution in [0.5, 0.6) is 0 Å². The van der Waals surface area contributed by atoms with Gasteiger partial charge in [-0.15, -0.1) is 0 Å². The van der Waals surface area contributed by atoms with Gasteiger partial charge in [-0.25, -0.2) is 0 Å². The molecule has 0 spiro atoms. The fourth-order valence-corrected chi connectivity index (χ4v) is 3.40. The van der Waals surface area contributed by atoms with Crippen LogP contribution in [-0.2, 0) is 0 Å². The number of aromatic amines is 1. The molecule has 1 fully saturated rings. The largest absolute Gasteiger partial charge is 0.365 e. The zero-order chi connectivity index (χ0) is 14.1. The van der Waals surface area contributed by atoms with Crippen LogP contribution in [0.15, 0.2) is 30.5 Å². The lowest BCUT2D eigenvalue weighted by atomic mass is 9.84. The molecule has 2 heterocycles. The zero-order valence-electron chi connectivity index (χ0n) is 11.4. The maximum Gasteiger partial charge on any atom is 0.0595 e. The number of benzene rings is 1. The van der Waals surface area contributed by atoms with Crippen LogP contribution in [0.2, 0.25) is 10.0 Å². The first-order valence-corrected chi connectivity index (χ1v) is 7.73. The molecule has 20 heavy (non-hydrogen) atoms. The quantitative estimate of drug-likeness (QED) is 0.816. The van der Waals surface area contributed by atoms with E-state index in [-0.39, 0.29) is 0 Å². The number of hydrogen-bond donors (Lipinski definition) is 2. The Morgan fingerprint density at radius 1 is 1.15 bits per heavy atom. The van der Waals surface area contributed by atoms with Gasteiger partial charge in [0.05, 0.1) is 10.0 Å². The minimum Gasteiger partial charge on any atom is -0.365 e. The first-order chi connectivity index (χ1) is 9.65. The molecule has 0 amide bonds. The number of aryl methyl sites for hydroxylation is 1. The van der Waals surface area contributed by atoms with E-state index in [1.165, 1.54) is 23.2 Å². The number of nitrogens with one attached hydrogen (secondary N) is 2. The molecule has 0 saturated carbocycles. The molecule has 2 N–H and O–H groups in total. The van der Waals surface area contributed by atoms with Crippen molar-refractivity contribution in [2.75, 3.05) is 6.54 Å². The van der Waals surface area contributed by atoms with Gasteiger partial charge >= 0.3 is 0 Å². The molecule has 1 aliphatic heterocycles. The van der Waals surface area contributed by atoms with Gasteiger partial charge in [-0.3, -0.25) is 0 Å². The Bertz CT molecular complexity index is 606. The Balaban J connectivity index is 1.81. The summed E-state index contributed by atoms with van der Waals surface area (Å²) in [5.41, 5.74) is 3.94. The number of H-pyrrole nitrogens is 1. The summed E-state index contributed by atoms with van der Waals surface area (Å²) in [5.74, 6) is 0.599. The minimum atomic E-state index is 0.345. The topological polar surface area (TPSA) is 27.8 Å². The summed E-state index contributed by atoms with van der Waals surface area (Å²) in [5, 5.41) is 4.83. The first kappa shape index (κ1) is 14.0. The fraction of sp³-hybridized carbons (Fsp3) is 0.375. The molecule has 1 aliphatic rings. The predicted molar refractivity (Wildman–Crippen MR) is 84.7 cm³/mol. The van der Waals surface area contributed by atoms with E-state index >= 15 is 0 Å². The average Bonchev–Trinajstić information content (AvgIpc) is 2.88. The van der Waals surface area contributed by atoms with Crippen molar-refractivity contribution in [2.24, 2.45) is 0 Å². The molecule has 0 aliphatic carbocycles. The van der Waals surface area contributed by atoms with Gasteiger partial charge in [0.15, 0.2) is 0 Å². The average molecular weight is 309 g/mol. The molecule has 2 aromatic rings. The molecule has 4 heteroatoms. The third-order valence-corrected chi connectivity index (χ3v) is 4.92. The Kier molecular flexibility index (Phi) is 4.06. The summed E-state index contributed by atoms with van der Waals surface area (Å²) in [6.07, 6.45) is 4.30. The lowest BCUT2D eigenvalue weighted by molar-refractivity contribution is 0.369. The third-order valence-electron chi connectivity index (χ3n) is 4.19. The molecule has 2 atom stereocenters. The smallest absolute Gasteiger partial charge is 0.0595 e. The number of piperidine rings is 1. The molecular formula is C16H18Cl2N2. The standard InChI is InChI=1S/C16H18Cl2N2/c1-10-13(5-7-19-10)11-4-6-20-16(9-11)12-2-3-14(17)15(18)8-12/h2-3,5,7-8,11,16,19-20H,4,6,9H2,1H3. The number of aromatic nitrogens is 1. The van der Waals surface area contributed by atoms with Crippen molar-refractivity contribution >= 4 is 23.2 Å². The second-order valence-corrected chi connectivity index (χ2v) is 6.27. The van der Waals surface area contributed by atoms with Gasteiger partial charge in [0.25, 0.3) is 0 Å². The van der Waals surface area contributed by atoms with Gasteiger partial charge in [0.1, 0.15) is 0 Å². The molecule has 0 bridgehead atoms. The van der Waals surface area contributed by atoms with Crippen LogP contribution in [0.1, 0.15) is 41.6 Å². The Morgan fingerprint density at radius 3 is 2.70 bits per heavy atom. The highest BCUT2D eigenvalue weighted by Crippen LogP contribution is 2.36. The summed E-state index contributed by atoms with van der Waals surface area (Å²) < 4.78 is 0. The zero-order valence-corrected chi connectivity index (χ0v) is 12.9. The maximum absolute atomic E-state index is 6.13. The second kappa shape index (κ2) is 5.80. The van der Waals surface area contributed by atoms with Gasteiger partial charge in [-0.1, -0.05) is 29.3 Å². The normalized spacial score (nSPS) is 22.9. The van der Waals surface area contributed by atoms with Crippen molar-refractivity contribution in [1.29, 1.82) is 0 Å². The Labute approximate surface area is 129 Å². The lowest BCUT2D eigenvalue weighted by Crippen LogP contribution is -2.31. The van der Waals surface area contributed by atoms with E-state index in [2.05, 4.69) is 29.4 Å². The van der Waals surface area contributed by atoms with Crippen LogP contribution in [0.4, 0.5) is 0 Å². The van der Waals surface area contributed by atoms with Gasteiger partial charge in [0, 0.05) is 17.9 Å². The molecule has 1 aromatic carbocycles. The van der Waals surface area contributed by atoms with Crippen molar-refractivity contribution in [3.8, 4) is 0 Å². The van der Waals surface area contributed by atoms with Crippen molar-refractivity contribution in [3.63, 3.8) is 0 Å². The van der Waals surface area contributed by atoms with Crippen LogP contribution in [0.3, 0.4) is 0 Å². The summed E-state index contributed by atoms with van der Waals surface area (Å²) in [4.78, 5) is 3.28. The SMILES string of the molecule is Cc1[nH]ccc1C1CCNC(c2ccc(Cl)c(Cl)c2)C1. The van der Waals surface area contributed by atoms with Crippen LogP contribution in [0, 0.1) is 6.92 Å². The summed E-state index contributed by atoms with van der Waals surface area (Å²) in [6, 6.07) is 8.48. The van der Waals surface area contributed by atoms with E-state index in [4.69, 9.17) is 23.2 Å². The first-order valence-electron chi connectivity index (χ1n) is 6.97.